The SMILES string of the molecule is CC(=O)CSC1=[N+](Cc2ccccc2Cl)C2C(=O)N(C)C(=O)N(C)C2=N1. The number of rotatable bonds is 4. The monoisotopic (exact) mass is 393 g/mol. The van der Waals surface area contributed by atoms with Crippen LogP contribution in [0.1, 0.15) is 12.5 Å². The average molecular weight is 394 g/mol. The van der Waals surface area contributed by atoms with Crippen molar-refractivity contribution in [3.8, 4) is 0 Å². The lowest BCUT2D eigenvalue weighted by atomic mass is 10.1. The number of hydrogen-bond acceptors (Lipinski definition) is 5. The van der Waals surface area contributed by atoms with Crippen molar-refractivity contribution < 1.29 is 19.0 Å². The van der Waals surface area contributed by atoms with Gasteiger partial charge in [-0.1, -0.05) is 29.8 Å². The number of ketones is 1. The number of benzene rings is 1. The van der Waals surface area contributed by atoms with Crippen molar-refractivity contribution in [2.75, 3.05) is 19.8 Å². The molecule has 3 rings (SSSR count). The average Bonchev–Trinajstić information content (AvgIpc) is 2.97. The number of likely N-dealkylation sites (N-methyl/N-ethyl adjacent to an activating group) is 2. The van der Waals surface area contributed by atoms with E-state index in [1.54, 1.807) is 17.7 Å². The van der Waals surface area contributed by atoms with E-state index in [0.717, 1.165) is 10.5 Å². The van der Waals surface area contributed by atoms with Gasteiger partial charge in [0, 0.05) is 24.7 Å². The van der Waals surface area contributed by atoms with Crippen molar-refractivity contribution in [3.05, 3.63) is 34.9 Å². The number of Topliss-reactive ketones (excluding diaryl/α,β-unsaturated/α-hetero) is 1. The van der Waals surface area contributed by atoms with Crippen LogP contribution >= 0.6 is 23.4 Å². The number of carbonyl (C=O) groups is 3. The molecule has 0 aliphatic carbocycles. The Morgan fingerprint density at radius 1 is 1.27 bits per heavy atom. The summed E-state index contributed by atoms with van der Waals surface area (Å²) in [4.78, 5) is 43.3. The van der Waals surface area contributed by atoms with Crippen LogP contribution < -0.4 is 0 Å². The zero-order valence-electron chi connectivity index (χ0n) is 14.6. The Balaban J connectivity index is 2.02. The molecule has 0 radical (unpaired) electrons. The van der Waals surface area contributed by atoms with E-state index in [-0.39, 0.29) is 17.4 Å². The summed E-state index contributed by atoms with van der Waals surface area (Å²) in [6.07, 6.45) is 0. The van der Waals surface area contributed by atoms with Crippen LogP contribution in [0.5, 0.6) is 0 Å². The van der Waals surface area contributed by atoms with Crippen LogP contribution in [-0.4, -0.2) is 69.0 Å². The van der Waals surface area contributed by atoms with Crippen molar-refractivity contribution >= 4 is 52.1 Å². The number of imide groups is 1. The van der Waals surface area contributed by atoms with Crippen LogP contribution in [0.4, 0.5) is 4.79 Å². The molecule has 1 unspecified atom stereocenters. The first kappa shape index (κ1) is 18.6. The maximum atomic E-state index is 12.8. The Hall–Kier alpha value is -2.19. The number of thioether (sulfide) groups is 1. The summed E-state index contributed by atoms with van der Waals surface area (Å²) in [5.74, 6) is 0.260. The number of fused-ring (bicyclic) bond motifs is 1. The molecule has 0 N–H and O–H groups in total. The molecule has 0 spiro atoms. The Kier molecular flexibility index (Phi) is 5.15. The van der Waals surface area contributed by atoms with Crippen molar-refractivity contribution in [2.24, 2.45) is 4.99 Å². The van der Waals surface area contributed by atoms with Crippen LogP contribution in [0, 0.1) is 0 Å². The third kappa shape index (κ3) is 3.26. The molecule has 1 fully saturated rings. The zero-order chi connectivity index (χ0) is 19.0. The quantitative estimate of drug-likeness (QED) is 0.731. The number of halogens is 1. The van der Waals surface area contributed by atoms with Crippen LogP contribution in [0.2, 0.25) is 5.02 Å². The molecule has 0 bridgehead atoms. The fourth-order valence-corrected chi connectivity index (χ4v) is 3.85. The van der Waals surface area contributed by atoms with Crippen molar-refractivity contribution in [1.29, 1.82) is 0 Å². The first-order chi connectivity index (χ1) is 12.3. The number of urea groups is 1. The molecule has 136 valence electrons. The van der Waals surface area contributed by atoms with E-state index in [1.807, 2.05) is 18.2 Å². The first-order valence-electron chi connectivity index (χ1n) is 7.94. The molecule has 2 aliphatic heterocycles. The molecule has 26 heavy (non-hydrogen) atoms. The molecule has 1 aromatic rings. The molecule has 0 aromatic heterocycles. The van der Waals surface area contributed by atoms with E-state index in [0.29, 0.717) is 22.6 Å². The molecule has 0 saturated carbocycles. The van der Waals surface area contributed by atoms with Crippen LogP contribution in [0.15, 0.2) is 29.3 Å². The molecule has 1 atom stereocenters. The Bertz CT molecular complexity index is 867. The first-order valence-corrected chi connectivity index (χ1v) is 9.30. The van der Waals surface area contributed by atoms with Gasteiger partial charge < -0.3 is 0 Å². The van der Waals surface area contributed by atoms with Gasteiger partial charge >= 0.3 is 11.2 Å². The number of amides is 3. The lowest BCUT2D eigenvalue weighted by molar-refractivity contribution is -0.548. The summed E-state index contributed by atoms with van der Waals surface area (Å²) in [6, 6.07) is 6.21. The third-order valence-electron chi connectivity index (χ3n) is 4.20. The normalized spacial score (nSPS) is 19.8. The largest absolute Gasteiger partial charge is 0.358 e. The molecule has 2 aliphatic rings. The molecular weight excluding hydrogens is 376 g/mol. The molecular formula is C17H18ClN4O3S+. The van der Waals surface area contributed by atoms with Crippen LogP contribution in [0.3, 0.4) is 0 Å². The second-order valence-electron chi connectivity index (χ2n) is 6.10. The highest BCUT2D eigenvalue weighted by Gasteiger charge is 2.53. The van der Waals surface area contributed by atoms with Crippen molar-refractivity contribution in [2.45, 2.75) is 19.5 Å². The molecule has 1 aromatic carbocycles. The van der Waals surface area contributed by atoms with Crippen molar-refractivity contribution in [3.63, 3.8) is 0 Å². The van der Waals surface area contributed by atoms with E-state index in [1.165, 1.54) is 30.6 Å². The number of hydrogen-bond donors (Lipinski definition) is 0. The third-order valence-corrected chi connectivity index (χ3v) is 5.70. The lowest BCUT2D eigenvalue weighted by Gasteiger charge is -2.30. The fraction of sp³-hybridized carbons (Fsp3) is 0.353. The highest BCUT2D eigenvalue weighted by atomic mass is 35.5. The minimum atomic E-state index is -0.714. The van der Waals surface area contributed by atoms with Gasteiger partial charge in [0.25, 0.3) is 17.8 Å². The van der Waals surface area contributed by atoms with Gasteiger partial charge in [0.1, 0.15) is 12.3 Å². The van der Waals surface area contributed by atoms with E-state index in [2.05, 4.69) is 4.99 Å². The van der Waals surface area contributed by atoms with Crippen molar-refractivity contribution in [1.82, 2.24) is 9.80 Å². The predicted molar refractivity (Wildman–Crippen MR) is 101 cm³/mol. The second kappa shape index (κ2) is 7.20. The Morgan fingerprint density at radius 2 is 1.96 bits per heavy atom. The lowest BCUT2D eigenvalue weighted by Crippen LogP contribution is -2.61. The van der Waals surface area contributed by atoms with E-state index >= 15 is 0 Å². The number of amidine groups is 2. The smallest absolute Gasteiger partial charge is 0.299 e. The zero-order valence-corrected chi connectivity index (χ0v) is 16.2. The predicted octanol–water partition coefficient (Wildman–Crippen LogP) is 1.84. The summed E-state index contributed by atoms with van der Waals surface area (Å²) in [5, 5.41) is 1.11. The van der Waals surface area contributed by atoms with Crippen LogP contribution in [-0.2, 0) is 16.1 Å². The molecule has 2 heterocycles. The van der Waals surface area contributed by atoms with Gasteiger partial charge in [0.15, 0.2) is 0 Å². The number of carbonyl (C=O) groups excluding carboxylic acids is 3. The van der Waals surface area contributed by atoms with Gasteiger partial charge in [-0.15, -0.1) is 0 Å². The van der Waals surface area contributed by atoms with Gasteiger partial charge in [-0.05, 0) is 29.7 Å². The second-order valence-corrected chi connectivity index (χ2v) is 7.45. The van der Waals surface area contributed by atoms with Crippen LogP contribution in [0.25, 0.3) is 0 Å². The topological polar surface area (TPSA) is 73.1 Å². The summed E-state index contributed by atoms with van der Waals surface area (Å²) in [6.45, 7) is 1.84. The Labute approximate surface area is 160 Å². The van der Waals surface area contributed by atoms with E-state index in [9.17, 15) is 14.4 Å². The number of aliphatic imine (C=N–C) groups is 1. The summed E-state index contributed by atoms with van der Waals surface area (Å²) >= 11 is 7.53. The maximum absolute atomic E-state index is 12.8. The van der Waals surface area contributed by atoms with Gasteiger partial charge in [-0.3, -0.25) is 19.4 Å². The molecule has 1 saturated heterocycles. The van der Waals surface area contributed by atoms with Gasteiger partial charge in [-0.25, -0.2) is 9.37 Å². The van der Waals surface area contributed by atoms with E-state index in [4.69, 9.17) is 11.6 Å². The molecule has 9 heteroatoms. The number of nitrogens with zero attached hydrogens (tertiary/aromatic N) is 4. The molecule has 7 nitrogen and oxygen atoms in total. The minimum Gasteiger partial charge on any atom is -0.299 e. The Morgan fingerprint density at radius 3 is 2.62 bits per heavy atom. The summed E-state index contributed by atoms with van der Waals surface area (Å²) in [5.41, 5.74) is 0.835. The van der Waals surface area contributed by atoms with E-state index < -0.39 is 12.1 Å². The fourth-order valence-electron chi connectivity index (χ4n) is 2.83. The maximum Gasteiger partial charge on any atom is 0.358 e. The highest BCUT2D eigenvalue weighted by Crippen LogP contribution is 2.26. The highest BCUT2D eigenvalue weighted by molar-refractivity contribution is 8.14. The summed E-state index contributed by atoms with van der Waals surface area (Å²) < 4.78 is 1.80. The van der Waals surface area contributed by atoms with Gasteiger partial charge in [-0.2, -0.15) is 0 Å². The van der Waals surface area contributed by atoms with Gasteiger partial charge in [0.05, 0.1) is 5.75 Å². The standard InChI is InChI=1S/C17H18ClN4O3S/c1-10(23)9-26-16-19-14-13(15(24)21(3)17(25)20(14)2)22(16)8-11-6-4-5-7-12(11)18/h4-7,13H,8-9H2,1-3H3/q+1. The van der Waals surface area contributed by atoms with Gasteiger partial charge in [0.2, 0.25) is 0 Å². The minimum absolute atomic E-state index is 0.00291. The molecule has 3 amide bonds. The summed E-state index contributed by atoms with van der Waals surface area (Å²) in [7, 11) is 3.04.